The number of aromatic nitrogens is 1. The molecule has 0 aliphatic heterocycles. The van der Waals surface area contributed by atoms with Crippen molar-refractivity contribution in [2.45, 2.75) is 51.5 Å². The summed E-state index contributed by atoms with van der Waals surface area (Å²) in [5.74, 6) is 6.22. The SMILES string of the molecule is Cc1oc(C2C3CC4CC(C3)CC2C4)nc1CN. The van der Waals surface area contributed by atoms with Crippen molar-refractivity contribution >= 4 is 0 Å². The normalized spacial score (nSPS) is 41.6. The maximum absolute atomic E-state index is 5.94. The van der Waals surface area contributed by atoms with Crippen molar-refractivity contribution in [1.29, 1.82) is 0 Å². The van der Waals surface area contributed by atoms with Gasteiger partial charge in [-0.25, -0.2) is 4.98 Å². The number of nitrogens with zero attached hydrogens (tertiary/aromatic N) is 1. The first-order valence-corrected chi connectivity index (χ1v) is 7.41. The lowest BCUT2D eigenvalue weighted by atomic mass is 9.52. The van der Waals surface area contributed by atoms with Crippen LogP contribution in [0, 0.1) is 30.6 Å². The lowest BCUT2D eigenvalue weighted by Gasteiger charge is -2.53. The van der Waals surface area contributed by atoms with Gasteiger partial charge in [-0.2, -0.15) is 0 Å². The molecule has 0 atom stereocenters. The Morgan fingerprint density at radius 1 is 1.11 bits per heavy atom. The number of nitrogens with two attached hydrogens (primary N) is 1. The fourth-order valence-electron chi connectivity index (χ4n) is 5.11. The van der Waals surface area contributed by atoms with Crippen molar-refractivity contribution in [1.82, 2.24) is 4.98 Å². The van der Waals surface area contributed by atoms with Crippen LogP contribution >= 0.6 is 0 Å². The number of rotatable bonds is 2. The first kappa shape index (κ1) is 11.0. The summed E-state index contributed by atoms with van der Waals surface area (Å²) in [5, 5.41) is 0. The van der Waals surface area contributed by atoms with Gasteiger partial charge >= 0.3 is 0 Å². The second-order valence-corrected chi connectivity index (χ2v) is 6.72. The van der Waals surface area contributed by atoms with Gasteiger partial charge in [0.2, 0.25) is 0 Å². The summed E-state index contributed by atoms with van der Waals surface area (Å²) in [6.45, 7) is 2.50. The van der Waals surface area contributed by atoms with E-state index < -0.39 is 0 Å². The molecule has 0 amide bonds. The molecule has 4 bridgehead atoms. The van der Waals surface area contributed by atoms with Crippen LogP contribution in [0.5, 0.6) is 0 Å². The molecule has 0 aromatic carbocycles. The van der Waals surface area contributed by atoms with E-state index in [2.05, 4.69) is 4.98 Å². The highest BCUT2D eigenvalue weighted by molar-refractivity contribution is 5.14. The Balaban J connectivity index is 1.67. The van der Waals surface area contributed by atoms with E-state index >= 15 is 0 Å². The summed E-state index contributed by atoms with van der Waals surface area (Å²) in [6, 6.07) is 0. The van der Waals surface area contributed by atoms with Gasteiger partial charge in [-0.15, -0.1) is 0 Å². The Hall–Kier alpha value is -0.830. The van der Waals surface area contributed by atoms with E-state index in [-0.39, 0.29) is 0 Å². The second kappa shape index (κ2) is 3.83. The largest absolute Gasteiger partial charge is 0.445 e. The number of oxazole rings is 1. The average molecular weight is 246 g/mol. The van der Waals surface area contributed by atoms with Gasteiger partial charge in [0, 0.05) is 12.5 Å². The molecule has 18 heavy (non-hydrogen) atoms. The van der Waals surface area contributed by atoms with Gasteiger partial charge in [0.15, 0.2) is 5.89 Å². The van der Waals surface area contributed by atoms with Gasteiger partial charge in [0.25, 0.3) is 0 Å². The third-order valence-electron chi connectivity index (χ3n) is 5.61. The van der Waals surface area contributed by atoms with Crippen molar-refractivity contribution in [2.24, 2.45) is 29.4 Å². The molecule has 0 saturated heterocycles. The van der Waals surface area contributed by atoms with Crippen molar-refractivity contribution < 1.29 is 4.42 Å². The van der Waals surface area contributed by atoms with Gasteiger partial charge in [0.1, 0.15) is 5.76 Å². The fraction of sp³-hybridized carbons (Fsp3) is 0.800. The highest BCUT2D eigenvalue weighted by Gasteiger charge is 2.50. The molecule has 0 unspecified atom stereocenters. The standard InChI is InChI=1S/C15H22N2O/c1-8-13(7-16)17-15(18-8)14-11-3-9-2-10(5-11)6-12(14)4-9/h9-12,14H,2-7,16H2,1H3. The molecular formula is C15H22N2O. The monoisotopic (exact) mass is 246 g/mol. The summed E-state index contributed by atoms with van der Waals surface area (Å²) in [6.07, 6.45) is 7.15. The van der Waals surface area contributed by atoms with Crippen LogP contribution in [-0.2, 0) is 6.54 Å². The van der Waals surface area contributed by atoms with Crippen LogP contribution in [0.2, 0.25) is 0 Å². The number of hydrogen-bond acceptors (Lipinski definition) is 3. The summed E-state index contributed by atoms with van der Waals surface area (Å²) < 4.78 is 5.94. The molecule has 98 valence electrons. The second-order valence-electron chi connectivity index (χ2n) is 6.72. The molecule has 1 aromatic rings. The van der Waals surface area contributed by atoms with Crippen molar-refractivity contribution in [3.8, 4) is 0 Å². The van der Waals surface area contributed by atoms with E-state index in [0.717, 1.165) is 41.0 Å². The van der Waals surface area contributed by atoms with Crippen LogP contribution < -0.4 is 5.73 Å². The maximum atomic E-state index is 5.94. The van der Waals surface area contributed by atoms with Gasteiger partial charge in [-0.3, -0.25) is 0 Å². The molecule has 3 heteroatoms. The van der Waals surface area contributed by atoms with Crippen LogP contribution in [0.15, 0.2) is 4.42 Å². The zero-order valence-electron chi connectivity index (χ0n) is 11.1. The van der Waals surface area contributed by atoms with Gasteiger partial charge < -0.3 is 10.2 Å². The molecule has 4 aliphatic carbocycles. The minimum atomic E-state index is 0.503. The average Bonchev–Trinajstić information content (AvgIpc) is 2.69. The quantitative estimate of drug-likeness (QED) is 0.872. The van der Waals surface area contributed by atoms with E-state index in [1.165, 1.54) is 32.1 Å². The molecule has 4 fully saturated rings. The molecule has 4 saturated carbocycles. The third-order valence-corrected chi connectivity index (χ3v) is 5.61. The predicted octanol–water partition coefficient (Wildman–Crippen LogP) is 2.98. The zero-order valence-corrected chi connectivity index (χ0v) is 11.1. The Labute approximate surface area is 108 Å². The molecule has 4 aliphatic rings. The summed E-state index contributed by atoms with van der Waals surface area (Å²) in [4.78, 5) is 4.68. The molecule has 2 N–H and O–H groups in total. The summed E-state index contributed by atoms with van der Waals surface area (Å²) >= 11 is 0. The fourth-order valence-corrected chi connectivity index (χ4v) is 5.11. The molecule has 5 rings (SSSR count). The van der Waals surface area contributed by atoms with E-state index in [9.17, 15) is 0 Å². The molecule has 0 radical (unpaired) electrons. The first-order valence-electron chi connectivity index (χ1n) is 7.41. The molecule has 3 nitrogen and oxygen atoms in total. The Morgan fingerprint density at radius 3 is 2.22 bits per heavy atom. The predicted molar refractivity (Wildman–Crippen MR) is 68.9 cm³/mol. The summed E-state index contributed by atoms with van der Waals surface area (Å²) in [7, 11) is 0. The van der Waals surface area contributed by atoms with Crippen LogP contribution in [0.25, 0.3) is 0 Å². The van der Waals surface area contributed by atoms with Gasteiger partial charge in [0.05, 0.1) is 5.69 Å². The van der Waals surface area contributed by atoms with E-state index in [0.29, 0.717) is 12.5 Å². The lowest BCUT2D eigenvalue weighted by molar-refractivity contribution is -0.0116. The highest BCUT2D eigenvalue weighted by atomic mass is 16.4. The van der Waals surface area contributed by atoms with Gasteiger partial charge in [-0.05, 0) is 62.7 Å². The Kier molecular flexibility index (Phi) is 2.35. The van der Waals surface area contributed by atoms with Crippen LogP contribution in [0.1, 0.15) is 55.4 Å². The number of aryl methyl sites for hydroxylation is 1. The first-order chi connectivity index (χ1) is 8.74. The van der Waals surface area contributed by atoms with E-state index in [1.807, 2.05) is 6.92 Å². The van der Waals surface area contributed by atoms with E-state index in [1.54, 1.807) is 0 Å². The molecule has 0 spiro atoms. The Bertz CT molecular complexity index is 437. The Morgan fingerprint density at radius 2 is 1.72 bits per heavy atom. The topological polar surface area (TPSA) is 52.0 Å². The summed E-state index contributed by atoms with van der Waals surface area (Å²) in [5.41, 5.74) is 6.67. The van der Waals surface area contributed by atoms with Crippen molar-refractivity contribution in [2.75, 3.05) is 0 Å². The van der Waals surface area contributed by atoms with E-state index in [4.69, 9.17) is 10.2 Å². The highest BCUT2D eigenvalue weighted by Crippen LogP contribution is 2.59. The zero-order chi connectivity index (χ0) is 12.3. The van der Waals surface area contributed by atoms with Crippen LogP contribution in [0.4, 0.5) is 0 Å². The third kappa shape index (κ3) is 1.49. The molecule has 1 aromatic heterocycles. The number of hydrogen-bond donors (Lipinski definition) is 1. The van der Waals surface area contributed by atoms with Crippen molar-refractivity contribution in [3.05, 3.63) is 17.3 Å². The minimum absolute atomic E-state index is 0.503. The smallest absolute Gasteiger partial charge is 0.198 e. The van der Waals surface area contributed by atoms with Crippen molar-refractivity contribution in [3.63, 3.8) is 0 Å². The van der Waals surface area contributed by atoms with Gasteiger partial charge in [-0.1, -0.05) is 0 Å². The lowest BCUT2D eigenvalue weighted by Crippen LogP contribution is -2.43. The molecule has 1 heterocycles. The van der Waals surface area contributed by atoms with Crippen LogP contribution in [0.3, 0.4) is 0 Å². The molecular weight excluding hydrogens is 224 g/mol. The maximum Gasteiger partial charge on any atom is 0.198 e. The minimum Gasteiger partial charge on any atom is -0.445 e. The van der Waals surface area contributed by atoms with Crippen LogP contribution in [-0.4, -0.2) is 4.98 Å².